The number of H-pyrrole nitrogens is 1. The van der Waals surface area contributed by atoms with E-state index in [-0.39, 0.29) is 28.9 Å². The van der Waals surface area contributed by atoms with Crippen LogP contribution in [0.4, 0.5) is 22.0 Å². The van der Waals surface area contributed by atoms with Gasteiger partial charge in [-0.3, -0.25) is 5.10 Å². The average molecular weight is 395 g/mol. The highest BCUT2D eigenvalue weighted by atomic mass is 19.4. The molecule has 5 nitrogen and oxygen atoms in total. The third-order valence-corrected chi connectivity index (χ3v) is 4.60. The van der Waals surface area contributed by atoms with Crippen molar-refractivity contribution in [1.82, 2.24) is 24.8 Å². The van der Waals surface area contributed by atoms with E-state index in [1.807, 2.05) is 0 Å². The van der Waals surface area contributed by atoms with Gasteiger partial charge in [0.1, 0.15) is 0 Å². The Morgan fingerprint density at radius 2 is 1.93 bits per heavy atom. The van der Waals surface area contributed by atoms with Crippen LogP contribution in [0.15, 0.2) is 24.4 Å². The van der Waals surface area contributed by atoms with Gasteiger partial charge in [-0.1, -0.05) is 6.92 Å². The molecule has 4 rings (SSSR count). The van der Waals surface area contributed by atoms with E-state index >= 15 is 0 Å². The van der Waals surface area contributed by atoms with Crippen molar-refractivity contribution >= 4 is 16.6 Å². The number of alkyl halides is 5. The summed E-state index contributed by atoms with van der Waals surface area (Å²) in [7, 11) is 0. The van der Waals surface area contributed by atoms with Crippen molar-refractivity contribution in [1.29, 1.82) is 0 Å². The zero-order chi connectivity index (χ0) is 20.2. The number of fused-ring (bicyclic) bond motifs is 2. The van der Waals surface area contributed by atoms with Crippen molar-refractivity contribution in [3.05, 3.63) is 46.9 Å². The number of benzene rings is 1. The second-order valence-electron chi connectivity index (χ2n) is 6.42. The fourth-order valence-corrected chi connectivity index (χ4v) is 3.33. The summed E-state index contributed by atoms with van der Waals surface area (Å²) >= 11 is 0. The molecule has 28 heavy (non-hydrogen) atoms. The minimum atomic E-state index is -4.70. The van der Waals surface area contributed by atoms with Gasteiger partial charge in [-0.2, -0.15) is 18.3 Å². The van der Waals surface area contributed by atoms with Gasteiger partial charge >= 0.3 is 6.18 Å². The lowest BCUT2D eigenvalue weighted by Crippen LogP contribution is -2.13. The molecule has 0 radical (unpaired) electrons. The van der Waals surface area contributed by atoms with E-state index in [0.29, 0.717) is 16.5 Å². The molecule has 4 aromatic rings. The SMILES string of the molecule is CCc1cc(C(F)(F)F)c(-c2cc(C)c3[nH]ncc3c2)n2nc(C(F)F)nc12. The summed E-state index contributed by atoms with van der Waals surface area (Å²) in [5, 5.41) is 11.0. The van der Waals surface area contributed by atoms with Gasteiger partial charge in [0, 0.05) is 10.9 Å². The van der Waals surface area contributed by atoms with E-state index in [1.165, 1.54) is 12.3 Å². The molecule has 10 heteroatoms. The summed E-state index contributed by atoms with van der Waals surface area (Å²) in [6.45, 7) is 3.36. The number of aryl methyl sites for hydroxylation is 2. The molecule has 0 aliphatic carbocycles. The molecular weight excluding hydrogens is 381 g/mol. The first-order valence-corrected chi connectivity index (χ1v) is 8.42. The first-order valence-electron chi connectivity index (χ1n) is 8.42. The summed E-state index contributed by atoms with van der Waals surface area (Å²) in [5.74, 6) is -0.809. The van der Waals surface area contributed by atoms with Gasteiger partial charge in [0.2, 0.25) is 5.82 Å². The number of aromatic nitrogens is 5. The Morgan fingerprint density at radius 1 is 1.18 bits per heavy atom. The molecule has 3 aromatic heterocycles. The highest BCUT2D eigenvalue weighted by Crippen LogP contribution is 2.40. The van der Waals surface area contributed by atoms with E-state index in [9.17, 15) is 22.0 Å². The van der Waals surface area contributed by atoms with Crippen LogP contribution in [-0.2, 0) is 12.6 Å². The van der Waals surface area contributed by atoms with Crippen LogP contribution in [0.25, 0.3) is 27.8 Å². The third-order valence-electron chi connectivity index (χ3n) is 4.60. The lowest BCUT2D eigenvalue weighted by Gasteiger charge is -2.17. The predicted octanol–water partition coefficient (Wildman–Crippen LogP) is 5.10. The molecule has 1 aromatic carbocycles. The van der Waals surface area contributed by atoms with Crippen molar-refractivity contribution in [3.8, 4) is 11.3 Å². The number of pyridine rings is 1. The maximum atomic E-state index is 13.9. The topological polar surface area (TPSA) is 58.9 Å². The Labute approximate surface area is 155 Å². The predicted molar refractivity (Wildman–Crippen MR) is 92.1 cm³/mol. The Bertz CT molecular complexity index is 1190. The fraction of sp³-hybridized carbons (Fsp3) is 0.278. The highest BCUT2D eigenvalue weighted by molar-refractivity contribution is 5.87. The maximum absolute atomic E-state index is 13.9. The molecule has 3 heterocycles. The number of aromatic amines is 1. The minimum Gasteiger partial charge on any atom is -0.278 e. The first kappa shape index (κ1) is 18.3. The lowest BCUT2D eigenvalue weighted by atomic mass is 9.99. The van der Waals surface area contributed by atoms with Crippen LogP contribution in [0.3, 0.4) is 0 Å². The Morgan fingerprint density at radius 3 is 2.57 bits per heavy atom. The molecule has 0 fully saturated rings. The molecular formula is C18H14F5N5. The molecule has 146 valence electrons. The van der Waals surface area contributed by atoms with Crippen molar-refractivity contribution < 1.29 is 22.0 Å². The van der Waals surface area contributed by atoms with Crippen molar-refractivity contribution in [2.24, 2.45) is 0 Å². The first-order chi connectivity index (χ1) is 13.2. The number of nitrogens with zero attached hydrogens (tertiary/aromatic N) is 4. The van der Waals surface area contributed by atoms with Crippen molar-refractivity contribution in [2.75, 3.05) is 0 Å². The van der Waals surface area contributed by atoms with E-state index in [4.69, 9.17) is 0 Å². The van der Waals surface area contributed by atoms with Crippen LogP contribution in [-0.4, -0.2) is 24.8 Å². The number of nitrogens with one attached hydrogen (secondary N) is 1. The van der Waals surface area contributed by atoms with Gasteiger partial charge < -0.3 is 0 Å². The van der Waals surface area contributed by atoms with E-state index in [0.717, 1.165) is 10.6 Å². The van der Waals surface area contributed by atoms with Crippen LogP contribution in [0.2, 0.25) is 0 Å². The third kappa shape index (κ3) is 2.79. The second kappa shape index (κ2) is 6.25. The number of rotatable bonds is 3. The molecule has 0 spiro atoms. The summed E-state index contributed by atoms with van der Waals surface area (Å²) in [6, 6.07) is 4.02. The summed E-state index contributed by atoms with van der Waals surface area (Å²) in [4.78, 5) is 3.78. The molecule has 0 amide bonds. The van der Waals surface area contributed by atoms with E-state index in [1.54, 1.807) is 19.9 Å². The molecule has 0 unspecified atom stereocenters. The molecule has 0 aliphatic rings. The van der Waals surface area contributed by atoms with Crippen molar-refractivity contribution in [2.45, 2.75) is 32.9 Å². The monoisotopic (exact) mass is 395 g/mol. The van der Waals surface area contributed by atoms with Gasteiger partial charge in [-0.15, -0.1) is 5.10 Å². The normalized spacial score (nSPS) is 12.6. The smallest absolute Gasteiger partial charge is 0.278 e. The Hall–Kier alpha value is -3.04. The standard InChI is InChI=1S/C18H14F5N5/c1-3-9-6-12(18(21,22)23)14(28-17(9)25-16(27-28)15(19)20)10-4-8(2)13-11(5-10)7-24-26-13/h4-7,15H,3H2,1-2H3,(H,24,26). The summed E-state index contributed by atoms with van der Waals surface area (Å²) in [5.41, 5.74) is 0.445. The molecule has 0 saturated heterocycles. The van der Waals surface area contributed by atoms with Crippen LogP contribution in [0.5, 0.6) is 0 Å². The number of hydrogen-bond donors (Lipinski definition) is 1. The number of halogens is 5. The van der Waals surface area contributed by atoms with Gasteiger partial charge in [-0.25, -0.2) is 18.3 Å². The quantitative estimate of drug-likeness (QED) is 0.491. The second-order valence-corrected chi connectivity index (χ2v) is 6.42. The molecule has 1 N–H and O–H groups in total. The molecule has 0 atom stereocenters. The van der Waals surface area contributed by atoms with Gasteiger partial charge in [0.15, 0.2) is 5.65 Å². The minimum absolute atomic E-state index is 0.00857. The van der Waals surface area contributed by atoms with Gasteiger partial charge in [0.05, 0.1) is 23.0 Å². The average Bonchev–Trinajstić information content (AvgIpc) is 3.26. The Balaban J connectivity index is 2.14. The van der Waals surface area contributed by atoms with Crippen LogP contribution in [0.1, 0.15) is 35.9 Å². The Kier molecular flexibility index (Phi) is 4.09. The highest BCUT2D eigenvalue weighted by Gasteiger charge is 2.37. The summed E-state index contributed by atoms with van der Waals surface area (Å²) in [6.07, 6.45) is -6.02. The van der Waals surface area contributed by atoms with Crippen LogP contribution >= 0.6 is 0 Å². The van der Waals surface area contributed by atoms with Gasteiger partial charge in [0.25, 0.3) is 6.43 Å². The lowest BCUT2D eigenvalue weighted by molar-refractivity contribution is -0.137. The van der Waals surface area contributed by atoms with Crippen LogP contribution < -0.4 is 0 Å². The van der Waals surface area contributed by atoms with Gasteiger partial charge in [-0.05, 0) is 42.7 Å². The summed E-state index contributed by atoms with van der Waals surface area (Å²) < 4.78 is 68.8. The van der Waals surface area contributed by atoms with E-state index < -0.39 is 24.0 Å². The zero-order valence-electron chi connectivity index (χ0n) is 14.8. The maximum Gasteiger partial charge on any atom is 0.418 e. The van der Waals surface area contributed by atoms with E-state index in [2.05, 4.69) is 20.3 Å². The van der Waals surface area contributed by atoms with Crippen molar-refractivity contribution in [3.63, 3.8) is 0 Å². The van der Waals surface area contributed by atoms with Crippen LogP contribution in [0, 0.1) is 6.92 Å². The molecule has 0 bridgehead atoms. The largest absolute Gasteiger partial charge is 0.418 e. The molecule has 0 saturated carbocycles. The zero-order valence-corrected chi connectivity index (χ0v) is 14.8. The number of hydrogen-bond acceptors (Lipinski definition) is 3. The molecule has 0 aliphatic heterocycles. The fourth-order valence-electron chi connectivity index (χ4n) is 3.33.